The average molecular weight is 276 g/mol. The molecule has 1 heterocycles. The highest BCUT2D eigenvalue weighted by molar-refractivity contribution is 5.85. The molecule has 0 amide bonds. The van der Waals surface area contributed by atoms with Crippen LogP contribution >= 0.6 is 0 Å². The van der Waals surface area contributed by atoms with Crippen LogP contribution in [0.5, 0.6) is 0 Å². The lowest BCUT2D eigenvalue weighted by Gasteiger charge is -2.40. The van der Waals surface area contributed by atoms with Crippen molar-refractivity contribution >= 4 is 11.7 Å². The Kier molecular flexibility index (Phi) is 4.65. The van der Waals surface area contributed by atoms with Crippen molar-refractivity contribution in [2.45, 2.75) is 32.2 Å². The van der Waals surface area contributed by atoms with Crippen LogP contribution in [0.1, 0.15) is 25.3 Å². The first kappa shape index (κ1) is 14.9. The Morgan fingerprint density at radius 1 is 1.35 bits per heavy atom. The van der Waals surface area contributed by atoms with Crippen LogP contribution in [-0.4, -0.2) is 43.2 Å². The highest BCUT2D eigenvalue weighted by atomic mass is 16.5. The van der Waals surface area contributed by atoms with E-state index in [1.165, 1.54) is 7.11 Å². The van der Waals surface area contributed by atoms with Crippen LogP contribution in [0.3, 0.4) is 0 Å². The van der Waals surface area contributed by atoms with E-state index in [0.717, 1.165) is 43.7 Å². The predicted molar refractivity (Wildman–Crippen MR) is 80.9 cm³/mol. The number of nitrogens with one attached hydrogen (secondary N) is 1. The Balaban J connectivity index is 2.21. The topological polar surface area (TPSA) is 41.6 Å². The molecule has 4 nitrogen and oxygen atoms in total. The molecule has 0 unspecified atom stereocenters. The molecule has 1 fully saturated rings. The second-order valence-electron chi connectivity index (χ2n) is 5.45. The smallest absolute Gasteiger partial charge is 0.331 e. The summed E-state index contributed by atoms with van der Waals surface area (Å²) in [4.78, 5) is 14.7. The number of esters is 1. The van der Waals surface area contributed by atoms with Gasteiger partial charge in [0.15, 0.2) is 0 Å². The van der Waals surface area contributed by atoms with Crippen molar-refractivity contribution in [2.24, 2.45) is 0 Å². The summed E-state index contributed by atoms with van der Waals surface area (Å²) in [7, 11) is 1.47. The van der Waals surface area contributed by atoms with Crippen molar-refractivity contribution in [3.8, 4) is 0 Å². The minimum atomic E-state index is -0.591. The largest absolute Gasteiger partial charge is 0.467 e. The molecule has 0 saturated carbocycles. The first-order valence-corrected chi connectivity index (χ1v) is 7.26. The predicted octanol–water partition coefficient (Wildman–Crippen LogP) is 2.43. The number of hydrogen-bond donors (Lipinski definition) is 1. The van der Waals surface area contributed by atoms with E-state index < -0.39 is 5.54 Å². The number of anilines is 1. The number of carbonyl (C=O) groups excluding carboxylic acids is 1. The van der Waals surface area contributed by atoms with E-state index >= 15 is 0 Å². The molecule has 0 atom stereocenters. The van der Waals surface area contributed by atoms with E-state index in [1.807, 2.05) is 18.2 Å². The second kappa shape index (κ2) is 6.27. The van der Waals surface area contributed by atoms with Gasteiger partial charge in [-0.05, 0) is 37.9 Å². The van der Waals surface area contributed by atoms with E-state index in [9.17, 15) is 4.79 Å². The maximum absolute atomic E-state index is 12.3. The van der Waals surface area contributed by atoms with Crippen molar-refractivity contribution in [2.75, 3.05) is 32.1 Å². The number of para-hydroxylation sites is 1. The van der Waals surface area contributed by atoms with Crippen molar-refractivity contribution in [1.82, 2.24) is 4.90 Å². The fraction of sp³-hybridized carbons (Fsp3) is 0.562. The molecule has 20 heavy (non-hydrogen) atoms. The number of benzene rings is 1. The van der Waals surface area contributed by atoms with Crippen LogP contribution in [0.25, 0.3) is 0 Å². The minimum Gasteiger partial charge on any atom is -0.467 e. The van der Waals surface area contributed by atoms with Gasteiger partial charge < -0.3 is 15.0 Å². The Labute approximate surface area is 121 Å². The number of ether oxygens (including phenoxy) is 1. The van der Waals surface area contributed by atoms with Gasteiger partial charge in [0.05, 0.1) is 7.11 Å². The van der Waals surface area contributed by atoms with Gasteiger partial charge in [-0.3, -0.25) is 0 Å². The quantitative estimate of drug-likeness (QED) is 0.858. The molecule has 0 spiro atoms. The number of piperidine rings is 1. The zero-order chi connectivity index (χ0) is 14.6. The fourth-order valence-electron chi connectivity index (χ4n) is 2.80. The molecule has 2 rings (SSSR count). The van der Waals surface area contributed by atoms with Gasteiger partial charge in [0.2, 0.25) is 0 Å². The molecular weight excluding hydrogens is 252 g/mol. The molecule has 1 saturated heterocycles. The van der Waals surface area contributed by atoms with E-state index in [1.54, 1.807) is 0 Å². The summed E-state index contributed by atoms with van der Waals surface area (Å²) in [5.41, 5.74) is 1.57. The van der Waals surface area contributed by atoms with Gasteiger partial charge in [0.25, 0.3) is 0 Å². The summed E-state index contributed by atoms with van der Waals surface area (Å²) >= 11 is 0. The van der Waals surface area contributed by atoms with Gasteiger partial charge in [-0.1, -0.05) is 25.1 Å². The Bertz CT molecular complexity index is 465. The second-order valence-corrected chi connectivity index (χ2v) is 5.45. The molecule has 1 aromatic rings. The van der Waals surface area contributed by atoms with Gasteiger partial charge in [0.1, 0.15) is 5.54 Å². The summed E-state index contributed by atoms with van der Waals surface area (Å²) in [5.74, 6) is -0.156. The lowest BCUT2D eigenvalue weighted by Crippen LogP contribution is -2.55. The zero-order valence-corrected chi connectivity index (χ0v) is 12.6. The molecule has 1 N–H and O–H groups in total. The highest BCUT2D eigenvalue weighted by Gasteiger charge is 2.42. The number of hydrogen-bond acceptors (Lipinski definition) is 4. The molecule has 110 valence electrons. The summed E-state index contributed by atoms with van der Waals surface area (Å²) in [5, 5.41) is 3.46. The van der Waals surface area contributed by atoms with E-state index in [4.69, 9.17) is 4.74 Å². The van der Waals surface area contributed by atoms with Gasteiger partial charge in [-0.25, -0.2) is 4.79 Å². The molecule has 1 aromatic carbocycles. The van der Waals surface area contributed by atoms with Crippen molar-refractivity contribution in [3.63, 3.8) is 0 Å². The lowest BCUT2D eigenvalue weighted by molar-refractivity contribution is -0.147. The molecule has 0 radical (unpaired) electrons. The highest BCUT2D eigenvalue weighted by Crippen LogP contribution is 2.29. The molecule has 0 aromatic heterocycles. The van der Waals surface area contributed by atoms with Gasteiger partial charge in [0, 0.05) is 18.8 Å². The molecule has 4 heteroatoms. The maximum Gasteiger partial charge on any atom is 0.331 e. The fourth-order valence-corrected chi connectivity index (χ4v) is 2.80. The van der Waals surface area contributed by atoms with E-state index in [0.29, 0.717) is 0 Å². The average Bonchev–Trinajstić information content (AvgIpc) is 2.49. The molecule has 1 aliphatic rings. The lowest BCUT2D eigenvalue weighted by atomic mass is 9.86. The van der Waals surface area contributed by atoms with Crippen LogP contribution in [0.2, 0.25) is 0 Å². The minimum absolute atomic E-state index is 0.156. The summed E-state index contributed by atoms with van der Waals surface area (Å²) in [6.07, 6.45) is 1.56. The number of likely N-dealkylation sites (tertiary alicyclic amines) is 1. The Morgan fingerprint density at radius 2 is 2.00 bits per heavy atom. The summed E-state index contributed by atoms with van der Waals surface area (Å²) < 4.78 is 5.05. The van der Waals surface area contributed by atoms with Crippen LogP contribution in [0, 0.1) is 6.92 Å². The van der Waals surface area contributed by atoms with Gasteiger partial charge in [-0.15, -0.1) is 0 Å². The maximum atomic E-state index is 12.3. The first-order chi connectivity index (χ1) is 9.61. The van der Waals surface area contributed by atoms with Crippen molar-refractivity contribution in [3.05, 3.63) is 29.8 Å². The molecular formula is C16H24N2O2. The standard InChI is InChI=1S/C16H24N2O2/c1-4-18-11-9-16(10-12-18,15(19)20-3)17-14-8-6-5-7-13(14)2/h5-8,17H,4,9-12H2,1-3H3. The summed E-state index contributed by atoms with van der Waals surface area (Å²) in [6, 6.07) is 8.06. The number of nitrogens with zero attached hydrogens (tertiary/aromatic N) is 1. The van der Waals surface area contributed by atoms with Crippen molar-refractivity contribution in [1.29, 1.82) is 0 Å². The summed E-state index contributed by atoms with van der Waals surface area (Å²) in [6.45, 7) is 7.07. The SMILES string of the molecule is CCN1CCC(Nc2ccccc2C)(C(=O)OC)CC1. The van der Waals surface area contributed by atoms with Crippen LogP contribution < -0.4 is 5.32 Å². The third-order valence-electron chi connectivity index (χ3n) is 4.25. The normalized spacial score (nSPS) is 18.6. The number of rotatable bonds is 4. The van der Waals surface area contributed by atoms with Crippen LogP contribution in [-0.2, 0) is 9.53 Å². The van der Waals surface area contributed by atoms with Gasteiger partial charge in [-0.2, -0.15) is 0 Å². The van der Waals surface area contributed by atoms with E-state index in [2.05, 4.69) is 30.1 Å². The molecule has 0 aliphatic carbocycles. The Morgan fingerprint density at radius 3 is 2.55 bits per heavy atom. The monoisotopic (exact) mass is 276 g/mol. The third-order valence-corrected chi connectivity index (χ3v) is 4.25. The number of methoxy groups -OCH3 is 1. The van der Waals surface area contributed by atoms with Crippen LogP contribution in [0.15, 0.2) is 24.3 Å². The van der Waals surface area contributed by atoms with Crippen molar-refractivity contribution < 1.29 is 9.53 Å². The first-order valence-electron chi connectivity index (χ1n) is 7.26. The van der Waals surface area contributed by atoms with E-state index in [-0.39, 0.29) is 5.97 Å². The molecule has 1 aliphatic heterocycles. The van der Waals surface area contributed by atoms with Crippen LogP contribution in [0.4, 0.5) is 5.69 Å². The number of aryl methyl sites for hydroxylation is 1. The van der Waals surface area contributed by atoms with Gasteiger partial charge >= 0.3 is 5.97 Å². The zero-order valence-electron chi connectivity index (χ0n) is 12.6. The Hall–Kier alpha value is -1.55. The number of carbonyl (C=O) groups is 1. The third kappa shape index (κ3) is 2.96. The molecule has 0 bridgehead atoms.